The standard InChI is InChI=1S/C12H16N4O2S/c1-19-5-4-8(13)11(17)14-7-2-3-9-10(6-7)16-12(18)15-9/h2-3,6,8H,4-5,13H2,1H3,(H,14,17)(H2,15,16,18)/t8-/m0/s1. The number of carbonyl (C=O) groups excluding carboxylic acids is 1. The van der Waals surface area contributed by atoms with Crippen molar-refractivity contribution in [2.24, 2.45) is 5.73 Å². The molecule has 1 aromatic heterocycles. The van der Waals surface area contributed by atoms with Gasteiger partial charge in [0, 0.05) is 5.69 Å². The van der Waals surface area contributed by atoms with E-state index in [1.165, 1.54) is 0 Å². The van der Waals surface area contributed by atoms with Crippen molar-refractivity contribution in [1.82, 2.24) is 9.97 Å². The van der Waals surface area contributed by atoms with Crippen molar-refractivity contribution in [3.8, 4) is 0 Å². The molecule has 6 nitrogen and oxygen atoms in total. The van der Waals surface area contributed by atoms with E-state index < -0.39 is 6.04 Å². The minimum absolute atomic E-state index is 0.216. The van der Waals surface area contributed by atoms with E-state index in [-0.39, 0.29) is 11.6 Å². The van der Waals surface area contributed by atoms with Gasteiger partial charge in [-0.05, 0) is 36.6 Å². The average molecular weight is 280 g/mol. The topological polar surface area (TPSA) is 104 Å². The number of fused-ring (bicyclic) bond motifs is 1. The summed E-state index contributed by atoms with van der Waals surface area (Å²) in [5.74, 6) is 0.630. The number of aromatic nitrogens is 2. The van der Waals surface area contributed by atoms with Crippen LogP contribution in [0, 0.1) is 0 Å². The number of imidazole rings is 1. The third-order valence-electron chi connectivity index (χ3n) is 2.75. The summed E-state index contributed by atoms with van der Waals surface area (Å²) in [6.45, 7) is 0. The Labute approximate surface area is 114 Å². The van der Waals surface area contributed by atoms with Gasteiger partial charge in [-0.15, -0.1) is 0 Å². The average Bonchev–Trinajstić information content (AvgIpc) is 2.75. The molecule has 0 aliphatic carbocycles. The second-order valence-electron chi connectivity index (χ2n) is 4.22. The molecule has 1 atom stereocenters. The molecule has 0 spiro atoms. The number of thioether (sulfide) groups is 1. The number of nitrogens with two attached hydrogens (primary N) is 1. The molecule has 0 saturated heterocycles. The lowest BCUT2D eigenvalue weighted by Crippen LogP contribution is -2.36. The van der Waals surface area contributed by atoms with Crippen molar-refractivity contribution < 1.29 is 4.79 Å². The zero-order chi connectivity index (χ0) is 13.8. The second kappa shape index (κ2) is 5.94. The maximum atomic E-state index is 11.8. The van der Waals surface area contributed by atoms with Crippen LogP contribution in [-0.2, 0) is 4.79 Å². The molecule has 1 heterocycles. The number of nitrogens with one attached hydrogen (secondary N) is 3. The fourth-order valence-corrected chi connectivity index (χ4v) is 2.21. The molecule has 7 heteroatoms. The third kappa shape index (κ3) is 3.39. The van der Waals surface area contributed by atoms with E-state index in [9.17, 15) is 9.59 Å². The van der Waals surface area contributed by atoms with Gasteiger partial charge in [0.25, 0.3) is 0 Å². The van der Waals surface area contributed by atoms with Crippen LogP contribution in [0.15, 0.2) is 23.0 Å². The van der Waals surface area contributed by atoms with Gasteiger partial charge >= 0.3 is 5.69 Å². The van der Waals surface area contributed by atoms with Gasteiger partial charge in [0.05, 0.1) is 17.1 Å². The van der Waals surface area contributed by atoms with E-state index in [2.05, 4.69) is 15.3 Å². The number of aromatic amines is 2. The summed E-state index contributed by atoms with van der Waals surface area (Å²) in [6, 6.07) is 4.64. The number of hydrogen-bond donors (Lipinski definition) is 4. The maximum Gasteiger partial charge on any atom is 0.323 e. The lowest BCUT2D eigenvalue weighted by atomic mass is 10.2. The Hall–Kier alpha value is -1.73. The van der Waals surface area contributed by atoms with Crippen LogP contribution in [0.5, 0.6) is 0 Å². The summed E-state index contributed by atoms with van der Waals surface area (Å²) < 4.78 is 0. The van der Waals surface area contributed by atoms with Crippen LogP contribution in [0.3, 0.4) is 0 Å². The number of anilines is 1. The molecule has 0 aliphatic heterocycles. The van der Waals surface area contributed by atoms with Gasteiger partial charge in [0.15, 0.2) is 0 Å². The van der Waals surface area contributed by atoms with Crippen molar-refractivity contribution >= 4 is 34.4 Å². The molecular formula is C12H16N4O2S. The van der Waals surface area contributed by atoms with E-state index in [1.807, 2.05) is 6.26 Å². The number of hydrogen-bond acceptors (Lipinski definition) is 4. The number of H-pyrrole nitrogens is 2. The van der Waals surface area contributed by atoms with Crippen molar-refractivity contribution in [1.29, 1.82) is 0 Å². The third-order valence-corrected chi connectivity index (χ3v) is 3.40. The molecule has 102 valence electrons. The van der Waals surface area contributed by atoms with Gasteiger partial charge in [-0.2, -0.15) is 11.8 Å². The first-order valence-electron chi connectivity index (χ1n) is 5.87. The number of carbonyl (C=O) groups is 1. The number of rotatable bonds is 5. The van der Waals surface area contributed by atoms with Crippen molar-refractivity contribution in [3.63, 3.8) is 0 Å². The van der Waals surface area contributed by atoms with Crippen LogP contribution in [0.2, 0.25) is 0 Å². The molecule has 1 aromatic carbocycles. The van der Waals surface area contributed by atoms with Crippen LogP contribution < -0.4 is 16.7 Å². The van der Waals surface area contributed by atoms with E-state index >= 15 is 0 Å². The van der Waals surface area contributed by atoms with Gasteiger partial charge in [-0.1, -0.05) is 0 Å². The number of amides is 1. The summed E-state index contributed by atoms with van der Waals surface area (Å²) in [4.78, 5) is 28.2. The maximum absolute atomic E-state index is 11.8. The van der Waals surface area contributed by atoms with E-state index in [0.29, 0.717) is 23.1 Å². The van der Waals surface area contributed by atoms with Crippen molar-refractivity contribution in [2.75, 3.05) is 17.3 Å². The van der Waals surface area contributed by atoms with Gasteiger partial charge < -0.3 is 21.0 Å². The quantitative estimate of drug-likeness (QED) is 0.652. The van der Waals surface area contributed by atoms with Crippen molar-refractivity contribution in [2.45, 2.75) is 12.5 Å². The normalized spacial score (nSPS) is 12.5. The summed E-state index contributed by atoms with van der Waals surface area (Å²) >= 11 is 1.65. The summed E-state index contributed by atoms with van der Waals surface area (Å²) in [5, 5.41) is 2.74. The lowest BCUT2D eigenvalue weighted by molar-refractivity contribution is -0.117. The zero-order valence-corrected chi connectivity index (χ0v) is 11.3. The SMILES string of the molecule is CSCC[C@H](N)C(=O)Nc1ccc2[nH]c(=O)[nH]c2c1. The highest BCUT2D eigenvalue weighted by molar-refractivity contribution is 7.98. The Morgan fingerprint density at radius 3 is 2.89 bits per heavy atom. The minimum atomic E-state index is -0.520. The zero-order valence-electron chi connectivity index (χ0n) is 10.5. The Kier molecular flexibility index (Phi) is 4.28. The highest BCUT2D eigenvalue weighted by Gasteiger charge is 2.13. The Morgan fingerprint density at radius 2 is 2.16 bits per heavy atom. The fraction of sp³-hybridized carbons (Fsp3) is 0.333. The van der Waals surface area contributed by atoms with Gasteiger partial charge in [0.2, 0.25) is 5.91 Å². The fourth-order valence-electron chi connectivity index (χ4n) is 1.72. The van der Waals surface area contributed by atoms with Crippen LogP contribution >= 0.6 is 11.8 Å². The highest BCUT2D eigenvalue weighted by atomic mass is 32.2. The van der Waals surface area contributed by atoms with Gasteiger partial charge in [-0.25, -0.2) is 4.79 Å². The Balaban J connectivity index is 2.08. The monoisotopic (exact) mass is 280 g/mol. The molecule has 0 radical (unpaired) electrons. The highest BCUT2D eigenvalue weighted by Crippen LogP contribution is 2.14. The molecule has 1 amide bonds. The molecule has 2 aromatic rings. The molecule has 19 heavy (non-hydrogen) atoms. The lowest BCUT2D eigenvalue weighted by Gasteiger charge is -2.11. The molecular weight excluding hydrogens is 264 g/mol. The molecule has 0 bridgehead atoms. The Bertz CT molecular complexity index is 634. The minimum Gasteiger partial charge on any atom is -0.325 e. The second-order valence-corrected chi connectivity index (χ2v) is 5.20. The first kappa shape index (κ1) is 13.7. The first-order valence-corrected chi connectivity index (χ1v) is 7.27. The largest absolute Gasteiger partial charge is 0.325 e. The van der Waals surface area contributed by atoms with Crippen LogP contribution in [0.4, 0.5) is 5.69 Å². The Morgan fingerprint density at radius 1 is 1.42 bits per heavy atom. The van der Waals surface area contributed by atoms with Crippen LogP contribution in [0.1, 0.15) is 6.42 Å². The van der Waals surface area contributed by atoms with Crippen LogP contribution in [-0.4, -0.2) is 33.9 Å². The molecule has 2 rings (SSSR count). The first-order chi connectivity index (χ1) is 9.10. The smallest absolute Gasteiger partial charge is 0.323 e. The van der Waals surface area contributed by atoms with Crippen LogP contribution in [0.25, 0.3) is 11.0 Å². The van der Waals surface area contributed by atoms with Gasteiger partial charge in [-0.3, -0.25) is 4.79 Å². The molecule has 0 saturated carbocycles. The summed E-state index contributed by atoms with van der Waals surface area (Å²) in [7, 11) is 0. The summed E-state index contributed by atoms with van der Waals surface area (Å²) in [5.41, 5.74) is 7.48. The van der Waals surface area contributed by atoms with E-state index in [1.54, 1.807) is 30.0 Å². The molecule has 0 fully saturated rings. The predicted molar refractivity (Wildman–Crippen MR) is 78.5 cm³/mol. The van der Waals surface area contributed by atoms with Gasteiger partial charge in [0.1, 0.15) is 0 Å². The number of benzene rings is 1. The molecule has 5 N–H and O–H groups in total. The van der Waals surface area contributed by atoms with E-state index in [4.69, 9.17) is 5.73 Å². The summed E-state index contributed by atoms with van der Waals surface area (Å²) in [6.07, 6.45) is 2.61. The molecule has 0 aliphatic rings. The van der Waals surface area contributed by atoms with Crippen molar-refractivity contribution in [3.05, 3.63) is 28.7 Å². The predicted octanol–water partition coefficient (Wildman–Crippen LogP) is 0.875. The molecule has 0 unspecified atom stereocenters. The van der Waals surface area contributed by atoms with E-state index in [0.717, 1.165) is 5.75 Å².